The molecule has 2 aromatic carbocycles. The van der Waals surface area contributed by atoms with E-state index in [1.165, 1.54) is 11.1 Å². The van der Waals surface area contributed by atoms with Crippen molar-refractivity contribution in [1.29, 1.82) is 0 Å². The number of anilines is 4. The zero-order valence-electron chi connectivity index (χ0n) is 19.0. The molecule has 1 amide bonds. The number of carbonyl (C=O) groups is 1. The molecule has 1 unspecified atom stereocenters. The van der Waals surface area contributed by atoms with Crippen LogP contribution >= 0.6 is 23.2 Å². The van der Waals surface area contributed by atoms with Gasteiger partial charge in [-0.2, -0.15) is 4.98 Å². The number of carbonyl (C=O) groups excluding carboxylic acids is 1. The van der Waals surface area contributed by atoms with Crippen molar-refractivity contribution in [1.82, 2.24) is 15.3 Å². The molecule has 9 nitrogen and oxygen atoms in total. The Kier molecular flexibility index (Phi) is 6.92. The molecule has 182 valence electrons. The number of nitrogens with one attached hydrogen (secondary N) is 2. The lowest BCUT2D eigenvalue weighted by molar-refractivity contribution is 0.0932. The summed E-state index contributed by atoms with van der Waals surface area (Å²) in [6, 6.07) is 13.4. The average molecular weight is 515 g/mol. The van der Waals surface area contributed by atoms with Gasteiger partial charge in [-0.25, -0.2) is 4.98 Å². The third-order valence-electron chi connectivity index (χ3n) is 5.93. The van der Waals surface area contributed by atoms with Crippen molar-refractivity contribution in [2.24, 2.45) is 0 Å². The van der Waals surface area contributed by atoms with E-state index in [1.54, 1.807) is 25.3 Å². The number of rotatable bonds is 6. The summed E-state index contributed by atoms with van der Waals surface area (Å²) in [5.41, 5.74) is 2.57. The highest BCUT2D eigenvalue weighted by Gasteiger charge is 2.31. The standard InChI is InChI=1S/C24H24Cl2N6O3/c1-34-13-17-11-27-9-10-31(17)16-7-5-15(6-8-16)29-24-28-12-18-22(30-24)35-14-32(23(18)33)21-19(25)3-2-4-20(21)26/h2-8,12,17,27H,9-11,13-14H2,1H3,(H,28,29,30). The Balaban J connectivity index is 1.30. The molecule has 0 saturated carbocycles. The van der Waals surface area contributed by atoms with Crippen LogP contribution in [0.4, 0.5) is 23.0 Å². The number of para-hydroxylation sites is 1. The van der Waals surface area contributed by atoms with E-state index in [2.05, 4.69) is 37.6 Å². The summed E-state index contributed by atoms with van der Waals surface area (Å²) >= 11 is 12.5. The first kappa shape index (κ1) is 23.6. The van der Waals surface area contributed by atoms with Crippen LogP contribution in [0.5, 0.6) is 5.88 Å². The highest BCUT2D eigenvalue weighted by atomic mass is 35.5. The van der Waals surface area contributed by atoms with Gasteiger partial charge in [0.25, 0.3) is 5.91 Å². The first-order valence-electron chi connectivity index (χ1n) is 11.1. The Labute approximate surface area is 213 Å². The fourth-order valence-corrected chi connectivity index (χ4v) is 4.83. The summed E-state index contributed by atoms with van der Waals surface area (Å²) < 4.78 is 11.1. The SMILES string of the molecule is COCC1CNCCN1c1ccc(Nc2ncc3c(n2)OCN(c2c(Cl)cccc2Cl)C3=O)cc1. The quantitative estimate of drug-likeness (QED) is 0.510. The number of hydrogen-bond acceptors (Lipinski definition) is 8. The molecular formula is C24H24Cl2N6O3. The number of methoxy groups -OCH3 is 1. The van der Waals surface area contributed by atoms with Gasteiger partial charge in [-0.1, -0.05) is 29.3 Å². The molecule has 1 saturated heterocycles. The molecule has 0 radical (unpaired) electrons. The average Bonchev–Trinajstić information content (AvgIpc) is 2.86. The van der Waals surface area contributed by atoms with Crippen LogP contribution in [0.25, 0.3) is 0 Å². The fourth-order valence-electron chi connectivity index (χ4n) is 4.23. The number of nitrogens with zero attached hydrogens (tertiary/aromatic N) is 4. The van der Waals surface area contributed by atoms with E-state index in [0.717, 1.165) is 31.0 Å². The normalized spacial score (nSPS) is 17.7. The predicted molar refractivity (Wildman–Crippen MR) is 136 cm³/mol. The molecule has 3 aromatic rings. The molecule has 1 fully saturated rings. The Bertz CT molecular complexity index is 1200. The van der Waals surface area contributed by atoms with E-state index in [0.29, 0.717) is 28.3 Å². The first-order chi connectivity index (χ1) is 17.0. The van der Waals surface area contributed by atoms with Crippen LogP contribution in [-0.2, 0) is 4.74 Å². The number of hydrogen-bond donors (Lipinski definition) is 2. The number of benzene rings is 2. The molecule has 5 rings (SSSR count). The van der Waals surface area contributed by atoms with Gasteiger partial charge in [0.2, 0.25) is 11.8 Å². The second-order valence-electron chi connectivity index (χ2n) is 8.17. The minimum absolute atomic E-state index is 0.0617. The van der Waals surface area contributed by atoms with Crippen molar-refractivity contribution in [3.05, 3.63) is 64.3 Å². The molecule has 0 bridgehead atoms. The van der Waals surface area contributed by atoms with Gasteiger partial charge in [-0.3, -0.25) is 9.69 Å². The van der Waals surface area contributed by atoms with Crippen LogP contribution in [0.2, 0.25) is 10.0 Å². The summed E-state index contributed by atoms with van der Waals surface area (Å²) in [6.45, 7) is 3.33. The molecule has 0 aliphatic carbocycles. The molecule has 0 spiro atoms. The summed E-state index contributed by atoms with van der Waals surface area (Å²) in [4.78, 5) is 25.5. The van der Waals surface area contributed by atoms with Gasteiger partial charge >= 0.3 is 0 Å². The van der Waals surface area contributed by atoms with Crippen LogP contribution in [0.3, 0.4) is 0 Å². The van der Waals surface area contributed by atoms with Gasteiger partial charge in [-0.05, 0) is 36.4 Å². The van der Waals surface area contributed by atoms with Crippen LogP contribution in [-0.4, -0.2) is 62.0 Å². The highest BCUT2D eigenvalue weighted by molar-refractivity contribution is 6.40. The molecule has 2 aliphatic rings. The molecule has 3 heterocycles. The lowest BCUT2D eigenvalue weighted by atomic mass is 10.1. The zero-order valence-corrected chi connectivity index (χ0v) is 20.5. The van der Waals surface area contributed by atoms with Crippen LogP contribution in [0.1, 0.15) is 10.4 Å². The van der Waals surface area contributed by atoms with Crippen LogP contribution < -0.4 is 25.2 Å². The summed E-state index contributed by atoms with van der Waals surface area (Å²) in [5, 5.41) is 7.29. The van der Waals surface area contributed by atoms with Gasteiger partial charge in [0.1, 0.15) is 5.56 Å². The third-order valence-corrected chi connectivity index (χ3v) is 6.54. The van der Waals surface area contributed by atoms with Crippen molar-refractivity contribution in [2.45, 2.75) is 6.04 Å². The van der Waals surface area contributed by atoms with E-state index in [9.17, 15) is 4.79 Å². The lowest BCUT2D eigenvalue weighted by Crippen LogP contribution is -2.53. The lowest BCUT2D eigenvalue weighted by Gasteiger charge is -2.37. The van der Waals surface area contributed by atoms with Crippen molar-refractivity contribution in [3.63, 3.8) is 0 Å². The monoisotopic (exact) mass is 514 g/mol. The van der Waals surface area contributed by atoms with E-state index in [1.807, 2.05) is 12.1 Å². The minimum Gasteiger partial charge on any atom is -0.455 e. The zero-order chi connectivity index (χ0) is 24.4. The topological polar surface area (TPSA) is 91.8 Å². The molecular weight excluding hydrogens is 491 g/mol. The van der Waals surface area contributed by atoms with E-state index in [-0.39, 0.29) is 30.1 Å². The van der Waals surface area contributed by atoms with Crippen molar-refractivity contribution >= 4 is 52.1 Å². The molecule has 1 aromatic heterocycles. The number of halogens is 2. The minimum atomic E-state index is -0.334. The Morgan fingerprint density at radius 2 is 1.97 bits per heavy atom. The summed E-state index contributed by atoms with van der Waals surface area (Å²) in [7, 11) is 1.72. The maximum atomic E-state index is 13.1. The van der Waals surface area contributed by atoms with E-state index < -0.39 is 0 Å². The molecule has 11 heteroatoms. The number of amides is 1. The number of piperazine rings is 1. The Morgan fingerprint density at radius 3 is 2.71 bits per heavy atom. The van der Waals surface area contributed by atoms with Crippen molar-refractivity contribution in [2.75, 3.05) is 55.2 Å². The molecule has 35 heavy (non-hydrogen) atoms. The molecule has 2 aliphatic heterocycles. The van der Waals surface area contributed by atoms with Crippen LogP contribution in [0.15, 0.2) is 48.7 Å². The van der Waals surface area contributed by atoms with E-state index in [4.69, 9.17) is 32.7 Å². The van der Waals surface area contributed by atoms with Crippen molar-refractivity contribution < 1.29 is 14.3 Å². The molecule has 1 atom stereocenters. The van der Waals surface area contributed by atoms with Gasteiger partial charge in [0, 0.05) is 44.3 Å². The van der Waals surface area contributed by atoms with Gasteiger partial charge in [-0.15, -0.1) is 0 Å². The highest BCUT2D eigenvalue weighted by Crippen LogP contribution is 2.37. The summed E-state index contributed by atoms with van der Waals surface area (Å²) in [5.74, 6) is 0.193. The van der Waals surface area contributed by atoms with Gasteiger partial charge in [0.05, 0.1) is 28.4 Å². The number of fused-ring (bicyclic) bond motifs is 1. The smallest absolute Gasteiger partial charge is 0.268 e. The third kappa shape index (κ3) is 4.85. The summed E-state index contributed by atoms with van der Waals surface area (Å²) in [6.07, 6.45) is 1.44. The van der Waals surface area contributed by atoms with Gasteiger partial charge in [0.15, 0.2) is 6.73 Å². The number of ether oxygens (including phenoxy) is 2. The Hall–Kier alpha value is -3.11. The molecule has 2 N–H and O–H groups in total. The predicted octanol–water partition coefficient (Wildman–Crippen LogP) is 3.95. The fraction of sp³-hybridized carbons (Fsp3) is 0.292. The maximum absolute atomic E-state index is 13.1. The second kappa shape index (κ2) is 10.2. The maximum Gasteiger partial charge on any atom is 0.268 e. The van der Waals surface area contributed by atoms with E-state index >= 15 is 0 Å². The second-order valence-corrected chi connectivity index (χ2v) is 8.98. The first-order valence-corrected chi connectivity index (χ1v) is 11.9. The Morgan fingerprint density at radius 1 is 1.20 bits per heavy atom. The van der Waals surface area contributed by atoms with Crippen molar-refractivity contribution in [3.8, 4) is 5.88 Å². The largest absolute Gasteiger partial charge is 0.455 e. The number of aromatic nitrogens is 2. The van der Waals surface area contributed by atoms with Crippen LogP contribution in [0, 0.1) is 0 Å². The van der Waals surface area contributed by atoms with Gasteiger partial charge < -0.3 is 25.0 Å².